The molecule has 0 saturated heterocycles. The second-order valence-corrected chi connectivity index (χ2v) is 6.59. The molecule has 1 heterocycles. The molecule has 1 aliphatic heterocycles. The minimum atomic E-state index is -0.637. The smallest absolute Gasteiger partial charge is 0.336 e. The summed E-state index contributed by atoms with van der Waals surface area (Å²) in [4.78, 5) is 24.6. The molecule has 2 aromatic carbocycles. The van der Waals surface area contributed by atoms with Gasteiger partial charge in [-0.2, -0.15) is 0 Å². The molecule has 0 spiro atoms. The lowest BCUT2D eigenvalue weighted by atomic mass is 9.84. The summed E-state index contributed by atoms with van der Waals surface area (Å²) in [5.41, 5.74) is 2.26. The number of benzene rings is 2. The third kappa shape index (κ3) is 4.61. The summed E-state index contributed by atoms with van der Waals surface area (Å²) in [7, 11) is 0. The molecule has 0 aliphatic carbocycles. The summed E-state index contributed by atoms with van der Waals surface area (Å²) >= 11 is 0. The lowest BCUT2D eigenvalue weighted by molar-refractivity contribution is -0.139. The SMILES string of the molecule is CC1=C(C(=O)OCCCc2ccccc2)[C@H](c2ccccc2F)CC(=O)N1. The van der Waals surface area contributed by atoms with Crippen LogP contribution in [0.15, 0.2) is 65.9 Å². The molecule has 1 aliphatic rings. The second-order valence-electron chi connectivity index (χ2n) is 6.59. The summed E-state index contributed by atoms with van der Waals surface area (Å²) < 4.78 is 19.7. The van der Waals surface area contributed by atoms with Gasteiger partial charge in [-0.3, -0.25) is 4.79 Å². The zero-order chi connectivity index (χ0) is 19.2. The Labute approximate surface area is 158 Å². The zero-order valence-electron chi connectivity index (χ0n) is 15.2. The van der Waals surface area contributed by atoms with Crippen LogP contribution in [-0.4, -0.2) is 18.5 Å². The van der Waals surface area contributed by atoms with Crippen LogP contribution in [0.5, 0.6) is 0 Å². The van der Waals surface area contributed by atoms with Crippen LogP contribution in [0.3, 0.4) is 0 Å². The Morgan fingerprint density at radius 3 is 2.59 bits per heavy atom. The number of nitrogens with one attached hydrogen (secondary N) is 1. The fourth-order valence-electron chi connectivity index (χ4n) is 3.36. The number of allylic oxidation sites excluding steroid dienone is 1. The first-order valence-electron chi connectivity index (χ1n) is 9.02. The van der Waals surface area contributed by atoms with Gasteiger partial charge in [-0.05, 0) is 37.0 Å². The Balaban J connectivity index is 1.69. The molecule has 0 saturated carbocycles. The van der Waals surface area contributed by atoms with E-state index in [1.54, 1.807) is 25.1 Å². The van der Waals surface area contributed by atoms with Gasteiger partial charge in [0.05, 0.1) is 12.2 Å². The predicted molar refractivity (Wildman–Crippen MR) is 100 cm³/mol. The summed E-state index contributed by atoms with van der Waals surface area (Å²) in [6, 6.07) is 16.2. The number of amides is 1. The fraction of sp³-hybridized carbons (Fsp3) is 0.273. The van der Waals surface area contributed by atoms with Crippen molar-refractivity contribution in [1.29, 1.82) is 0 Å². The molecule has 1 atom stereocenters. The average Bonchev–Trinajstić information content (AvgIpc) is 2.65. The van der Waals surface area contributed by atoms with Crippen molar-refractivity contribution in [2.75, 3.05) is 6.61 Å². The first-order chi connectivity index (χ1) is 13.1. The number of hydrogen-bond acceptors (Lipinski definition) is 3. The van der Waals surface area contributed by atoms with Gasteiger partial charge in [0.25, 0.3) is 0 Å². The maximum Gasteiger partial charge on any atom is 0.336 e. The fourth-order valence-corrected chi connectivity index (χ4v) is 3.36. The van der Waals surface area contributed by atoms with Gasteiger partial charge in [-0.25, -0.2) is 9.18 Å². The van der Waals surface area contributed by atoms with Crippen LogP contribution in [0.4, 0.5) is 4.39 Å². The van der Waals surface area contributed by atoms with Gasteiger partial charge in [0.1, 0.15) is 5.82 Å². The highest BCUT2D eigenvalue weighted by Gasteiger charge is 2.34. The van der Waals surface area contributed by atoms with Crippen molar-refractivity contribution in [3.63, 3.8) is 0 Å². The van der Waals surface area contributed by atoms with E-state index < -0.39 is 17.7 Å². The molecule has 0 fully saturated rings. The Hall–Kier alpha value is -2.95. The van der Waals surface area contributed by atoms with E-state index in [0.717, 1.165) is 6.42 Å². The Morgan fingerprint density at radius 2 is 1.85 bits per heavy atom. The van der Waals surface area contributed by atoms with Gasteiger partial charge in [-0.15, -0.1) is 0 Å². The summed E-state index contributed by atoms with van der Waals surface area (Å²) in [5.74, 6) is -1.81. The number of ether oxygens (including phenoxy) is 1. The highest BCUT2D eigenvalue weighted by Crippen LogP contribution is 2.34. The number of halogens is 1. The summed E-state index contributed by atoms with van der Waals surface area (Å²) in [5, 5.41) is 2.66. The van der Waals surface area contributed by atoms with Gasteiger partial charge in [0.15, 0.2) is 0 Å². The quantitative estimate of drug-likeness (QED) is 0.623. The Morgan fingerprint density at radius 1 is 1.15 bits per heavy atom. The minimum absolute atomic E-state index is 0.0206. The van der Waals surface area contributed by atoms with Crippen molar-refractivity contribution >= 4 is 11.9 Å². The molecule has 0 unspecified atom stereocenters. The molecule has 1 N–H and O–H groups in total. The Kier molecular flexibility index (Phi) is 6.01. The van der Waals surface area contributed by atoms with Crippen LogP contribution < -0.4 is 5.32 Å². The van der Waals surface area contributed by atoms with Gasteiger partial charge >= 0.3 is 5.97 Å². The highest BCUT2D eigenvalue weighted by molar-refractivity contribution is 5.95. The number of aryl methyl sites for hydroxylation is 1. The molecule has 27 heavy (non-hydrogen) atoms. The van der Waals surface area contributed by atoms with Crippen molar-refractivity contribution in [3.8, 4) is 0 Å². The molecule has 2 aromatic rings. The summed E-state index contributed by atoms with van der Waals surface area (Å²) in [6.45, 7) is 1.91. The zero-order valence-corrected chi connectivity index (χ0v) is 15.2. The van der Waals surface area contributed by atoms with Crippen molar-refractivity contribution in [3.05, 3.63) is 82.8 Å². The van der Waals surface area contributed by atoms with Gasteiger partial charge in [0, 0.05) is 18.0 Å². The van der Waals surface area contributed by atoms with Crippen molar-refractivity contribution < 1.29 is 18.7 Å². The van der Waals surface area contributed by atoms with Crippen molar-refractivity contribution in [1.82, 2.24) is 5.32 Å². The van der Waals surface area contributed by atoms with Crippen LogP contribution in [-0.2, 0) is 20.7 Å². The normalized spacial score (nSPS) is 16.8. The first kappa shape index (κ1) is 18.8. The van der Waals surface area contributed by atoms with E-state index in [0.29, 0.717) is 23.3 Å². The molecular weight excluding hydrogens is 345 g/mol. The second kappa shape index (κ2) is 8.62. The van der Waals surface area contributed by atoms with Crippen LogP contribution >= 0.6 is 0 Å². The molecule has 0 aromatic heterocycles. The predicted octanol–water partition coefficient (Wildman–Crippen LogP) is 3.88. The van der Waals surface area contributed by atoms with E-state index in [9.17, 15) is 14.0 Å². The van der Waals surface area contributed by atoms with E-state index in [-0.39, 0.29) is 18.9 Å². The topological polar surface area (TPSA) is 55.4 Å². The standard InChI is InChI=1S/C22H22FNO3/c1-15-21(22(26)27-13-7-10-16-8-3-2-4-9-16)18(14-20(25)24-15)17-11-5-6-12-19(17)23/h2-6,8-9,11-12,18H,7,10,13-14H2,1H3,(H,24,25)/t18-/m0/s1. The van der Waals surface area contributed by atoms with E-state index >= 15 is 0 Å². The van der Waals surface area contributed by atoms with E-state index in [1.165, 1.54) is 11.6 Å². The summed E-state index contributed by atoms with van der Waals surface area (Å²) in [6.07, 6.45) is 1.52. The van der Waals surface area contributed by atoms with Crippen molar-refractivity contribution in [2.24, 2.45) is 0 Å². The van der Waals surface area contributed by atoms with Crippen LogP contribution in [0.25, 0.3) is 0 Å². The van der Waals surface area contributed by atoms with E-state index in [4.69, 9.17) is 4.74 Å². The number of carbonyl (C=O) groups excluding carboxylic acids is 2. The highest BCUT2D eigenvalue weighted by atomic mass is 19.1. The number of hydrogen-bond donors (Lipinski definition) is 1. The third-order valence-electron chi connectivity index (χ3n) is 4.66. The van der Waals surface area contributed by atoms with Crippen LogP contribution in [0, 0.1) is 5.82 Å². The van der Waals surface area contributed by atoms with Crippen molar-refractivity contribution in [2.45, 2.75) is 32.1 Å². The molecule has 0 bridgehead atoms. The first-order valence-corrected chi connectivity index (χ1v) is 9.02. The van der Waals surface area contributed by atoms with Crippen LogP contribution in [0.2, 0.25) is 0 Å². The number of carbonyl (C=O) groups is 2. The molecule has 5 heteroatoms. The molecule has 1 amide bonds. The number of rotatable bonds is 6. The van der Waals surface area contributed by atoms with E-state index in [1.807, 2.05) is 30.3 Å². The maximum absolute atomic E-state index is 14.3. The average molecular weight is 367 g/mol. The molecule has 4 nitrogen and oxygen atoms in total. The maximum atomic E-state index is 14.3. The molecule has 3 rings (SSSR count). The van der Waals surface area contributed by atoms with Gasteiger partial charge in [-0.1, -0.05) is 48.5 Å². The Bertz CT molecular complexity index is 861. The van der Waals surface area contributed by atoms with E-state index in [2.05, 4.69) is 5.32 Å². The molecule has 140 valence electrons. The third-order valence-corrected chi connectivity index (χ3v) is 4.66. The largest absolute Gasteiger partial charge is 0.462 e. The lowest BCUT2D eigenvalue weighted by Gasteiger charge is -2.26. The monoisotopic (exact) mass is 367 g/mol. The van der Waals surface area contributed by atoms with Gasteiger partial charge < -0.3 is 10.1 Å². The molecular formula is C22H22FNO3. The lowest BCUT2D eigenvalue weighted by Crippen LogP contribution is -2.34. The van der Waals surface area contributed by atoms with Gasteiger partial charge in [0.2, 0.25) is 5.91 Å². The molecule has 0 radical (unpaired) electrons. The van der Waals surface area contributed by atoms with Crippen LogP contribution in [0.1, 0.15) is 36.8 Å². The number of esters is 1. The minimum Gasteiger partial charge on any atom is -0.462 e.